The molecule has 0 aliphatic rings. The van der Waals surface area contributed by atoms with Crippen molar-refractivity contribution in [1.82, 2.24) is 0 Å². The lowest BCUT2D eigenvalue weighted by atomic mass is 10.2. The topological polar surface area (TPSA) is 64.6 Å². The van der Waals surface area contributed by atoms with Gasteiger partial charge in [-0.05, 0) is 5.56 Å². The van der Waals surface area contributed by atoms with Crippen molar-refractivity contribution in [2.24, 2.45) is 0 Å². The molecule has 0 aliphatic carbocycles. The van der Waals surface area contributed by atoms with Gasteiger partial charge in [-0.1, -0.05) is 30.3 Å². The van der Waals surface area contributed by atoms with E-state index < -0.39 is 6.67 Å². The van der Waals surface area contributed by atoms with Crippen LogP contribution in [0.5, 0.6) is 0 Å². The van der Waals surface area contributed by atoms with Crippen LogP contribution in [0.1, 0.15) is 5.56 Å². The Labute approximate surface area is 173 Å². The van der Waals surface area contributed by atoms with Gasteiger partial charge in [0, 0.05) is 0 Å². The summed E-state index contributed by atoms with van der Waals surface area (Å²) in [5.74, 6) is 0. The third-order valence-corrected chi connectivity index (χ3v) is 3.57. The molecular weight excluding hydrogens is 383 g/mol. The fraction of sp³-hybridized carbons (Fsp3) is 0.714. The van der Waals surface area contributed by atoms with Crippen LogP contribution in [0.25, 0.3) is 0 Å². The molecule has 0 amide bonds. The Hall–Kier alpha value is -1.13. The van der Waals surface area contributed by atoms with Gasteiger partial charge in [0.25, 0.3) is 0 Å². The van der Waals surface area contributed by atoms with E-state index >= 15 is 0 Å². The van der Waals surface area contributed by atoms with Crippen molar-refractivity contribution < 1.29 is 37.5 Å². The van der Waals surface area contributed by atoms with Gasteiger partial charge in [0.15, 0.2) is 0 Å². The molecule has 8 heteroatoms. The molecule has 0 bridgehead atoms. The summed E-state index contributed by atoms with van der Waals surface area (Å²) in [5.41, 5.74) is 1.16. The highest BCUT2D eigenvalue weighted by Gasteiger charge is 1.95. The van der Waals surface area contributed by atoms with E-state index in [1.54, 1.807) is 0 Å². The largest absolute Gasteiger partial charge is 0.377 e. The first-order valence-corrected chi connectivity index (χ1v) is 10.1. The minimum absolute atomic E-state index is 0.123. The molecule has 0 unspecified atom stereocenters. The summed E-state index contributed by atoms with van der Waals surface area (Å²) in [4.78, 5) is 0. The summed E-state index contributed by atoms with van der Waals surface area (Å²) < 4.78 is 49.1. The van der Waals surface area contributed by atoms with Crippen LogP contribution in [-0.4, -0.2) is 92.6 Å². The summed E-state index contributed by atoms with van der Waals surface area (Å²) in [5, 5.41) is 0. The quantitative estimate of drug-likeness (QED) is 0.268. The molecule has 0 saturated heterocycles. The molecule has 1 rings (SSSR count). The normalized spacial score (nSPS) is 11.2. The van der Waals surface area contributed by atoms with E-state index in [1.165, 1.54) is 0 Å². The van der Waals surface area contributed by atoms with Crippen molar-refractivity contribution in [1.29, 1.82) is 0 Å². The van der Waals surface area contributed by atoms with E-state index in [2.05, 4.69) is 0 Å². The second kappa shape index (κ2) is 21.6. The van der Waals surface area contributed by atoms with Crippen molar-refractivity contribution >= 4 is 0 Å². The molecule has 168 valence electrons. The third kappa shape index (κ3) is 18.6. The number of hydrogen-bond donors (Lipinski definition) is 0. The number of halogens is 1. The van der Waals surface area contributed by atoms with Gasteiger partial charge in [0.1, 0.15) is 6.67 Å². The number of alkyl halides is 1. The van der Waals surface area contributed by atoms with Gasteiger partial charge in [-0.25, -0.2) is 4.39 Å². The van der Waals surface area contributed by atoms with Gasteiger partial charge >= 0.3 is 0 Å². The summed E-state index contributed by atoms with van der Waals surface area (Å²) in [7, 11) is 0. The average molecular weight is 419 g/mol. The van der Waals surface area contributed by atoms with Crippen LogP contribution in [0.4, 0.5) is 4.39 Å². The predicted octanol–water partition coefficient (Wildman–Crippen LogP) is 2.27. The second-order valence-corrected chi connectivity index (χ2v) is 5.90. The zero-order valence-electron chi connectivity index (χ0n) is 17.2. The Balaban J connectivity index is 1.66. The van der Waals surface area contributed by atoms with Crippen molar-refractivity contribution in [2.75, 3.05) is 92.6 Å². The van der Waals surface area contributed by atoms with Gasteiger partial charge in [-0.15, -0.1) is 0 Å². The van der Waals surface area contributed by atoms with Gasteiger partial charge in [0.2, 0.25) is 0 Å². The molecular formula is C21H35FO7. The maximum Gasteiger partial charge on any atom is 0.113 e. The van der Waals surface area contributed by atoms with Gasteiger partial charge in [0.05, 0.1) is 92.5 Å². The Morgan fingerprint density at radius 2 is 0.793 bits per heavy atom. The lowest BCUT2D eigenvalue weighted by Gasteiger charge is -2.08. The van der Waals surface area contributed by atoms with Crippen LogP contribution in [0.15, 0.2) is 30.3 Å². The number of ether oxygens (including phenoxy) is 7. The molecule has 0 aromatic heterocycles. The Bertz CT molecular complexity index is 436. The van der Waals surface area contributed by atoms with Gasteiger partial charge < -0.3 is 33.2 Å². The van der Waals surface area contributed by atoms with Gasteiger partial charge in [-0.2, -0.15) is 0 Å². The average Bonchev–Trinajstić information content (AvgIpc) is 2.75. The highest BCUT2D eigenvalue weighted by atomic mass is 19.1. The minimum atomic E-state index is -0.465. The molecule has 0 fully saturated rings. The van der Waals surface area contributed by atoms with Crippen LogP contribution in [0.3, 0.4) is 0 Å². The standard InChI is InChI=1S/C21H35FO7/c22-6-7-23-8-9-24-10-11-25-12-13-26-14-15-27-16-17-28-18-19-29-20-21-4-2-1-3-5-21/h1-5H,6-20H2. The summed E-state index contributed by atoms with van der Waals surface area (Å²) in [6.45, 7) is 6.34. The molecule has 1 aromatic carbocycles. The number of benzene rings is 1. The number of rotatable bonds is 22. The highest BCUT2D eigenvalue weighted by Crippen LogP contribution is 1.99. The first-order chi connectivity index (χ1) is 14.4. The van der Waals surface area contributed by atoms with E-state index in [-0.39, 0.29) is 6.61 Å². The second-order valence-electron chi connectivity index (χ2n) is 5.90. The molecule has 0 N–H and O–H groups in total. The summed E-state index contributed by atoms with van der Waals surface area (Å²) in [6.07, 6.45) is 0. The smallest absolute Gasteiger partial charge is 0.113 e. The minimum Gasteiger partial charge on any atom is -0.377 e. The lowest BCUT2D eigenvalue weighted by molar-refractivity contribution is -0.0214. The fourth-order valence-corrected chi connectivity index (χ4v) is 2.14. The monoisotopic (exact) mass is 418 g/mol. The predicted molar refractivity (Wildman–Crippen MR) is 107 cm³/mol. The molecule has 1 aromatic rings. The highest BCUT2D eigenvalue weighted by molar-refractivity contribution is 5.13. The first-order valence-electron chi connectivity index (χ1n) is 10.1. The first kappa shape index (κ1) is 25.9. The molecule has 0 saturated carbocycles. The molecule has 0 radical (unpaired) electrons. The summed E-state index contributed by atoms with van der Waals surface area (Å²) >= 11 is 0. The van der Waals surface area contributed by atoms with Crippen molar-refractivity contribution in [3.05, 3.63) is 35.9 Å². The van der Waals surface area contributed by atoms with Crippen LogP contribution >= 0.6 is 0 Å². The zero-order chi connectivity index (χ0) is 20.7. The molecule has 0 spiro atoms. The van der Waals surface area contributed by atoms with E-state index in [4.69, 9.17) is 33.2 Å². The molecule has 29 heavy (non-hydrogen) atoms. The zero-order valence-corrected chi connectivity index (χ0v) is 17.2. The van der Waals surface area contributed by atoms with Gasteiger partial charge in [-0.3, -0.25) is 0 Å². The molecule has 0 aliphatic heterocycles. The van der Waals surface area contributed by atoms with Crippen LogP contribution in [0, 0.1) is 0 Å². The van der Waals surface area contributed by atoms with Crippen molar-refractivity contribution in [3.63, 3.8) is 0 Å². The Morgan fingerprint density at radius 1 is 0.448 bits per heavy atom. The Morgan fingerprint density at radius 3 is 1.17 bits per heavy atom. The Kier molecular flexibility index (Phi) is 19.3. The van der Waals surface area contributed by atoms with Crippen molar-refractivity contribution in [2.45, 2.75) is 6.61 Å². The summed E-state index contributed by atoms with van der Waals surface area (Å²) in [6, 6.07) is 10.1. The maximum atomic E-state index is 11.8. The van der Waals surface area contributed by atoms with Crippen LogP contribution in [-0.2, 0) is 39.8 Å². The van der Waals surface area contributed by atoms with E-state index in [0.717, 1.165) is 5.56 Å². The van der Waals surface area contributed by atoms with E-state index in [0.29, 0.717) is 85.9 Å². The number of hydrogen-bond acceptors (Lipinski definition) is 7. The van der Waals surface area contributed by atoms with Crippen LogP contribution in [0.2, 0.25) is 0 Å². The molecule has 7 nitrogen and oxygen atoms in total. The fourth-order valence-electron chi connectivity index (χ4n) is 2.14. The van der Waals surface area contributed by atoms with Crippen molar-refractivity contribution in [3.8, 4) is 0 Å². The lowest BCUT2D eigenvalue weighted by Crippen LogP contribution is -2.14. The maximum absolute atomic E-state index is 11.8. The molecule has 0 atom stereocenters. The third-order valence-electron chi connectivity index (χ3n) is 3.57. The van der Waals surface area contributed by atoms with E-state index in [9.17, 15) is 4.39 Å². The van der Waals surface area contributed by atoms with E-state index in [1.807, 2.05) is 30.3 Å². The SMILES string of the molecule is FCCOCCOCCOCCOCCOCCOCCOCc1ccccc1. The van der Waals surface area contributed by atoms with Crippen LogP contribution < -0.4 is 0 Å². The molecule has 0 heterocycles.